The van der Waals surface area contributed by atoms with E-state index in [2.05, 4.69) is 10.1 Å². The van der Waals surface area contributed by atoms with Crippen LogP contribution >= 0.6 is 0 Å². The maximum absolute atomic E-state index is 11.4. The van der Waals surface area contributed by atoms with Gasteiger partial charge in [0.1, 0.15) is 6.26 Å². The number of nitrogens with zero attached hydrogens (tertiary/aromatic N) is 2. The van der Waals surface area contributed by atoms with Crippen LogP contribution in [0.3, 0.4) is 0 Å². The van der Waals surface area contributed by atoms with Gasteiger partial charge in [0.2, 0.25) is 0 Å². The van der Waals surface area contributed by atoms with Gasteiger partial charge in [-0.05, 0) is 12.8 Å². The standard InChI is InChI=1S/C12H18N2O3/c1-16-12(15)8-14(11-4-2-3-5-11)7-10-6-13-17-9-10/h6,9,11H,2-5,7-8H2,1H3. The molecule has 94 valence electrons. The molecule has 0 N–H and O–H groups in total. The van der Waals surface area contributed by atoms with E-state index < -0.39 is 0 Å². The number of carbonyl (C=O) groups excluding carboxylic acids is 1. The molecule has 1 saturated carbocycles. The molecular weight excluding hydrogens is 220 g/mol. The molecule has 1 aliphatic rings. The van der Waals surface area contributed by atoms with Gasteiger partial charge in [-0.2, -0.15) is 0 Å². The van der Waals surface area contributed by atoms with E-state index in [4.69, 9.17) is 9.26 Å². The molecular formula is C12H18N2O3. The normalized spacial score (nSPS) is 16.6. The van der Waals surface area contributed by atoms with Crippen LogP contribution in [0.2, 0.25) is 0 Å². The predicted molar refractivity (Wildman–Crippen MR) is 61.2 cm³/mol. The average molecular weight is 238 g/mol. The van der Waals surface area contributed by atoms with Gasteiger partial charge in [0.05, 0.1) is 19.9 Å². The van der Waals surface area contributed by atoms with Crippen LogP contribution < -0.4 is 0 Å². The third-order valence-electron chi connectivity index (χ3n) is 3.27. The molecule has 1 aromatic heterocycles. The van der Waals surface area contributed by atoms with Crippen LogP contribution in [0, 0.1) is 0 Å². The predicted octanol–water partition coefficient (Wildman–Crippen LogP) is 1.59. The highest BCUT2D eigenvalue weighted by molar-refractivity contribution is 5.71. The Kier molecular flexibility index (Phi) is 4.14. The first-order valence-electron chi connectivity index (χ1n) is 5.98. The van der Waals surface area contributed by atoms with E-state index in [-0.39, 0.29) is 5.97 Å². The molecule has 0 aliphatic heterocycles. The number of esters is 1. The van der Waals surface area contributed by atoms with Gasteiger partial charge in [-0.1, -0.05) is 18.0 Å². The summed E-state index contributed by atoms with van der Waals surface area (Å²) in [5.74, 6) is -0.187. The zero-order chi connectivity index (χ0) is 12.1. The Bertz CT molecular complexity index is 345. The van der Waals surface area contributed by atoms with Crippen LogP contribution in [-0.2, 0) is 16.1 Å². The van der Waals surface area contributed by atoms with Gasteiger partial charge in [0.25, 0.3) is 0 Å². The minimum atomic E-state index is -0.187. The van der Waals surface area contributed by atoms with Crippen molar-refractivity contribution in [1.29, 1.82) is 0 Å². The molecule has 1 aromatic rings. The molecule has 0 amide bonds. The molecule has 0 saturated heterocycles. The van der Waals surface area contributed by atoms with E-state index >= 15 is 0 Å². The summed E-state index contributed by atoms with van der Waals surface area (Å²) in [5, 5.41) is 3.68. The molecule has 2 rings (SSSR count). The minimum Gasteiger partial charge on any atom is -0.468 e. The van der Waals surface area contributed by atoms with Crippen molar-refractivity contribution in [2.75, 3.05) is 13.7 Å². The zero-order valence-corrected chi connectivity index (χ0v) is 10.1. The Morgan fingerprint density at radius 2 is 2.35 bits per heavy atom. The Labute approximate surface area is 101 Å². The molecule has 0 spiro atoms. The van der Waals surface area contributed by atoms with Crippen LogP contribution in [0.15, 0.2) is 17.0 Å². The van der Waals surface area contributed by atoms with E-state index in [1.54, 1.807) is 12.5 Å². The van der Waals surface area contributed by atoms with Gasteiger partial charge in [-0.15, -0.1) is 0 Å². The van der Waals surface area contributed by atoms with Crippen molar-refractivity contribution in [1.82, 2.24) is 10.1 Å². The van der Waals surface area contributed by atoms with Gasteiger partial charge in [-0.25, -0.2) is 0 Å². The molecule has 0 unspecified atom stereocenters. The lowest BCUT2D eigenvalue weighted by atomic mass is 10.2. The number of hydrogen-bond acceptors (Lipinski definition) is 5. The third-order valence-corrected chi connectivity index (χ3v) is 3.27. The molecule has 0 radical (unpaired) electrons. The molecule has 5 nitrogen and oxygen atoms in total. The topological polar surface area (TPSA) is 55.6 Å². The molecule has 1 aliphatic carbocycles. The van der Waals surface area contributed by atoms with Crippen LogP contribution in [0.25, 0.3) is 0 Å². The van der Waals surface area contributed by atoms with E-state index in [1.165, 1.54) is 20.0 Å². The number of methoxy groups -OCH3 is 1. The highest BCUT2D eigenvalue weighted by atomic mass is 16.5. The number of rotatable bonds is 5. The molecule has 0 aromatic carbocycles. The van der Waals surface area contributed by atoms with E-state index in [0.29, 0.717) is 19.1 Å². The van der Waals surface area contributed by atoms with Gasteiger partial charge in [0, 0.05) is 18.2 Å². The maximum atomic E-state index is 11.4. The smallest absolute Gasteiger partial charge is 0.319 e. The lowest BCUT2D eigenvalue weighted by molar-refractivity contribution is -0.142. The van der Waals surface area contributed by atoms with Crippen LogP contribution in [0.5, 0.6) is 0 Å². The molecule has 17 heavy (non-hydrogen) atoms. The SMILES string of the molecule is COC(=O)CN(Cc1cnoc1)C1CCCC1. The third kappa shape index (κ3) is 3.30. The molecule has 5 heteroatoms. The monoisotopic (exact) mass is 238 g/mol. The first-order chi connectivity index (χ1) is 8.29. The second kappa shape index (κ2) is 5.82. The van der Waals surface area contributed by atoms with Gasteiger partial charge in [0.15, 0.2) is 0 Å². The zero-order valence-electron chi connectivity index (χ0n) is 10.1. The lowest BCUT2D eigenvalue weighted by Crippen LogP contribution is -2.37. The van der Waals surface area contributed by atoms with Crippen molar-refractivity contribution in [2.24, 2.45) is 0 Å². The Balaban J connectivity index is 1.98. The van der Waals surface area contributed by atoms with Crippen LogP contribution in [0.1, 0.15) is 31.2 Å². The summed E-state index contributed by atoms with van der Waals surface area (Å²) < 4.78 is 9.56. The number of hydrogen-bond donors (Lipinski definition) is 0. The Morgan fingerprint density at radius 1 is 1.59 bits per heavy atom. The Morgan fingerprint density at radius 3 is 2.94 bits per heavy atom. The summed E-state index contributed by atoms with van der Waals surface area (Å²) >= 11 is 0. The summed E-state index contributed by atoms with van der Waals surface area (Å²) in [6.07, 6.45) is 8.11. The van der Waals surface area contributed by atoms with Crippen LogP contribution in [0.4, 0.5) is 0 Å². The molecule has 0 bridgehead atoms. The maximum Gasteiger partial charge on any atom is 0.319 e. The van der Waals surface area contributed by atoms with Crippen molar-refractivity contribution < 1.29 is 14.1 Å². The number of aromatic nitrogens is 1. The van der Waals surface area contributed by atoms with Gasteiger partial charge in [-0.3, -0.25) is 9.69 Å². The fourth-order valence-electron chi connectivity index (χ4n) is 2.35. The van der Waals surface area contributed by atoms with Crippen molar-refractivity contribution in [3.05, 3.63) is 18.0 Å². The summed E-state index contributed by atoms with van der Waals surface area (Å²) in [6, 6.07) is 0.476. The second-order valence-corrected chi connectivity index (χ2v) is 4.45. The van der Waals surface area contributed by atoms with E-state index in [0.717, 1.165) is 18.4 Å². The van der Waals surface area contributed by atoms with Crippen molar-refractivity contribution >= 4 is 5.97 Å². The van der Waals surface area contributed by atoms with Crippen molar-refractivity contribution in [3.8, 4) is 0 Å². The fraction of sp³-hybridized carbons (Fsp3) is 0.667. The molecule has 1 heterocycles. The largest absolute Gasteiger partial charge is 0.468 e. The number of ether oxygens (including phenoxy) is 1. The molecule has 0 atom stereocenters. The van der Waals surface area contributed by atoms with E-state index in [1.807, 2.05) is 0 Å². The summed E-state index contributed by atoms with van der Waals surface area (Å²) in [6.45, 7) is 1.04. The van der Waals surface area contributed by atoms with Crippen LogP contribution in [-0.4, -0.2) is 35.7 Å². The lowest BCUT2D eigenvalue weighted by Gasteiger charge is -2.26. The van der Waals surface area contributed by atoms with Gasteiger partial charge < -0.3 is 9.26 Å². The Hall–Kier alpha value is -1.36. The van der Waals surface area contributed by atoms with Gasteiger partial charge >= 0.3 is 5.97 Å². The summed E-state index contributed by atoms with van der Waals surface area (Å²) in [7, 11) is 1.43. The highest BCUT2D eigenvalue weighted by Crippen LogP contribution is 2.24. The fourth-order valence-corrected chi connectivity index (χ4v) is 2.35. The number of carbonyl (C=O) groups is 1. The average Bonchev–Trinajstić information content (AvgIpc) is 3.00. The quantitative estimate of drug-likeness (QED) is 0.729. The summed E-state index contributed by atoms with van der Waals surface area (Å²) in [4.78, 5) is 13.6. The highest BCUT2D eigenvalue weighted by Gasteiger charge is 2.25. The van der Waals surface area contributed by atoms with Crippen molar-refractivity contribution in [3.63, 3.8) is 0 Å². The summed E-state index contributed by atoms with van der Waals surface area (Å²) in [5.41, 5.74) is 1.00. The van der Waals surface area contributed by atoms with E-state index in [9.17, 15) is 4.79 Å². The first kappa shape index (κ1) is 12.1. The second-order valence-electron chi connectivity index (χ2n) is 4.45. The first-order valence-corrected chi connectivity index (χ1v) is 5.98. The van der Waals surface area contributed by atoms with Crippen molar-refractivity contribution in [2.45, 2.75) is 38.3 Å². The minimum absolute atomic E-state index is 0.187. The molecule has 1 fully saturated rings.